The van der Waals surface area contributed by atoms with Crippen LogP contribution in [0.25, 0.3) is 10.9 Å². The van der Waals surface area contributed by atoms with E-state index in [1.165, 1.54) is 0 Å². The number of aryl methyl sites for hydroxylation is 1. The molecule has 0 saturated carbocycles. The van der Waals surface area contributed by atoms with Gasteiger partial charge >= 0.3 is 0 Å². The lowest BCUT2D eigenvalue weighted by molar-refractivity contribution is 0.0990. The fourth-order valence-electron chi connectivity index (χ4n) is 1.75. The number of carbonyl (C=O) groups excluding carboxylic acids is 1. The predicted octanol–water partition coefficient (Wildman–Crippen LogP) is 2.93. The van der Waals surface area contributed by atoms with Gasteiger partial charge < -0.3 is 4.57 Å². The highest BCUT2D eigenvalue weighted by Gasteiger charge is 2.12. The minimum Gasteiger partial charge on any atom is -0.341 e. The Morgan fingerprint density at radius 2 is 2.25 bits per heavy atom. The molecule has 0 bridgehead atoms. The maximum Gasteiger partial charge on any atom is 0.193 e. The number of hydrogen-bond donors (Lipinski definition) is 0. The van der Waals surface area contributed by atoms with Crippen LogP contribution in [0.1, 0.15) is 16.9 Å². The van der Waals surface area contributed by atoms with E-state index in [1.807, 2.05) is 12.1 Å². The molecule has 16 heavy (non-hydrogen) atoms. The maximum atomic E-state index is 11.6. The number of aromatic nitrogens is 1. The highest BCUT2D eigenvalue weighted by Crippen LogP contribution is 2.23. The van der Waals surface area contributed by atoms with E-state index in [1.54, 1.807) is 29.8 Å². The van der Waals surface area contributed by atoms with Gasteiger partial charge in [-0.2, -0.15) is 5.26 Å². The lowest BCUT2D eigenvalue weighted by Crippen LogP contribution is -2.04. The number of fused-ring (bicyclic) bond motifs is 1. The average molecular weight is 233 g/mol. The van der Waals surface area contributed by atoms with Gasteiger partial charge in [0.2, 0.25) is 0 Å². The molecule has 1 heterocycles. The van der Waals surface area contributed by atoms with Crippen LogP contribution in [0, 0.1) is 11.3 Å². The first kappa shape index (κ1) is 10.7. The van der Waals surface area contributed by atoms with Crippen LogP contribution < -0.4 is 0 Å². The first-order chi connectivity index (χ1) is 7.63. The second kappa shape index (κ2) is 3.99. The predicted molar refractivity (Wildman–Crippen MR) is 62.5 cm³/mol. The summed E-state index contributed by atoms with van der Waals surface area (Å²) in [6.45, 7) is 0. The van der Waals surface area contributed by atoms with Crippen LogP contribution in [0.2, 0.25) is 5.02 Å². The molecule has 1 aromatic carbocycles. The molecule has 1 aromatic heterocycles. The van der Waals surface area contributed by atoms with E-state index in [0.717, 1.165) is 10.9 Å². The number of hydrogen-bond acceptors (Lipinski definition) is 2. The van der Waals surface area contributed by atoms with Crippen LogP contribution in [0.3, 0.4) is 0 Å². The molecule has 0 amide bonds. The van der Waals surface area contributed by atoms with Gasteiger partial charge in [0.15, 0.2) is 5.78 Å². The van der Waals surface area contributed by atoms with Crippen LogP contribution in [0.5, 0.6) is 0 Å². The normalized spacial score (nSPS) is 10.3. The van der Waals surface area contributed by atoms with Crippen molar-refractivity contribution in [1.29, 1.82) is 5.26 Å². The number of Topliss-reactive ketones (excluding diaryl/α,β-unsaturated/α-hetero) is 1. The summed E-state index contributed by atoms with van der Waals surface area (Å²) in [5, 5.41) is 10.1. The minimum absolute atomic E-state index is 0.0993. The molecule has 0 radical (unpaired) electrons. The van der Waals surface area contributed by atoms with E-state index in [9.17, 15) is 4.79 Å². The first-order valence-electron chi connectivity index (χ1n) is 4.78. The molecule has 0 N–H and O–H groups in total. The number of carbonyl (C=O) groups is 1. The van der Waals surface area contributed by atoms with Gasteiger partial charge in [0.25, 0.3) is 0 Å². The Balaban J connectivity index is 2.61. The molecule has 2 aromatic rings. The second-order valence-corrected chi connectivity index (χ2v) is 3.99. The number of rotatable bonds is 2. The summed E-state index contributed by atoms with van der Waals surface area (Å²) in [7, 11) is 1.81. The highest BCUT2D eigenvalue weighted by molar-refractivity contribution is 6.31. The van der Waals surface area contributed by atoms with Crippen molar-refractivity contribution in [1.82, 2.24) is 4.57 Å². The highest BCUT2D eigenvalue weighted by atomic mass is 35.5. The standard InChI is InChI=1S/C12H9ClN2O/c1-15-10-3-2-9(13)6-8(10)7-11(15)12(16)4-5-14/h2-3,6-7H,4H2,1H3. The number of halogens is 1. The van der Waals surface area contributed by atoms with E-state index in [4.69, 9.17) is 16.9 Å². The summed E-state index contributed by atoms with van der Waals surface area (Å²) in [5.74, 6) is -0.169. The van der Waals surface area contributed by atoms with Crippen LogP contribution in [0.15, 0.2) is 24.3 Å². The van der Waals surface area contributed by atoms with Gasteiger partial charge in [-0.1, -0.05) is 11.6 Å². The van der Waals surface area contributed by atoms with Crippen molar-refractivity contribution in [2.24, 2.45) is 7.05 Å². The largest absolute Gasteiger partial charge is 0.341 e. The number of ketones is 1. The molecular formula is C12H9ClN2O. The quantitative estimate of drug-likeness (QED) is 0.748. The Kier molecular flexibility index (Phi) is 2.67. The molecule has 2 rings (SSSR count). The van der Waals surface area contributed by atoms with Crippen molar-refractivity contribution in [2.45, 2.75) is 6.42 Å². The van der Waals surface area contributed by atoms with Crippen molar-refractivity contribution >= 4 is 28.3 Å². The zero-order chi connectivity index (χ0) is 11.7. The van der Waals surface area contributed by atoms with Gasteiger partial charge in [-0.05, 0) is 24.3 Å². The van der Waals surface area contributed by atoms with Gasteiger partial charge in [0.1, 0.15) is 6.42 Å². The summed E-state index contributed by atoms with van der Waals surface area (Å²) in [6, 6.07) is 9.07. The molecule has 0 saturated heterocycles. The summed E-state index contributed by atoms with van der Waals surface area (Å²) in [4.78, 5) is 11.6. The topological polar surface area (TPSA) is 45.8 Å². The smallest absolute Gasteiger partial charge is 0.193 e. The second-order valence-electron chi connectivity index (χ2n) is 3.55. The molecule has 0 aliphatic rings. The van der Waals surface area contributed by atoms with Crippen molar-refractivity contribution in [3.05, 3.63) is 35.0 Å². The third-order valence-electron chi connectivity index (χ3n) is 2.53. The first-order valence-corrected chi connectivity index (χ1v) is 5.16. The maximum absolute atomic E-state index is 11.6. The molecule has 0 atom stereocenters. The van der Waals surface area contributed by atoms with Crippen molar-refractivity contribution in [3.63, 3.8) is 0 Å². The fraction of sp³-hybridized carbons (Fsp3) is 0.167. The molecule has 3 nitrogen and oxygen atoms in total. The molecule has 0 unspecified atom stereocenters. The van der Waals surface area contributed by atoms with Crippen molar-refractivity contribution in [2.75, 3.05) is 0 Å². The van der Waals surface area contributed by atoms with Crippen LogP contribution >= 0.6 is 11.6 Å². The molecule has 0 fully saturated rings. The summed E-state index contributed by atoms with van der Waals surface area (Å²) in [6.07, 6.45) is -0.0993. The SMILES string of the molecule is Cn1c(C(=O)CC#N)cc2cc(Cl)ccc21. The van der Waals surface area contributed by atoms with Gasteiger partial charge in [0, 0.05) is 23.0 Å². The zero-order valence-corrected chi connectivity index (χ0v) is 9.45. The Bertz CT molecular complexity index is 607. The van der Waals surface area contributed by atoms with E-state index in [2.05, 4.69) is 0 Å². The number of benzene rings is 1. The van der Waals surface area contributed by atoms with Gasteiger partial charge in [-0.25, -0.2) is 0 Å². The Morgan fingerprint density at radius 3 is 2.94 bits per heavy atom. The van der Waals surface area contributed by atoms with E-state index >= 15 is 0 Å². The van der Waals surface area contributed by atoms with E-state index in [-0.39, 0.29) is 12.2 Å². The van der Waals surface area contributed by atoms with Crippen LogP contribution in [0.4, 0.5) is 0 Å². The van der Waals surface area contributed by atoms with Gasteiger partial charge in [-0.15, -0.1) is 0 Å². The molecular weight excluding hydrogens is 224 g/mol. The lowest BCUT2D eigenvalue weighted by atomic mass is 10.2. The Labute approximate surface area is 97.8 Å². The van der Waals surface area contributed by atoms with Crippen molar-refractivity contribution in [3.8, 4) is 6.07 Å². The average Bonchev–Trinajstić information content (AvgIpc) is 2.56. The van der Waals surface area contributed by atoms with Crippen LogP contribution in [-0.4, -0.2) is 10.4 Å². The molecule has 0 aliphatic heterocycles. The number of nitrogens with zero attached hydrogens (tertiary/aromatic N) is 2. The van der Waals surface area contributed by atoms with E-state index in [0.29, 0.717) is 10.7 Å². The molecule has 0 spiro atoms. The summed E-state index contributed by atoms with van der Waals surface area (Å²) in [5.41, 5.74) is 1.48. The van der Waals surface area contributed by atoms with Gasteiger partial charge in [-0.3, -0.25) is 4.79 Å². The fourth-order valence-corrected chi connectivity index (χ4v) is 1.93. The Morgan fingerprint density at radius 1 is 1.50 bits per heavy atom. The number of nitriles is 1. The van der Waals surface area contributed by atoms with Gasteiger partial charge in [0.05, 0.1) is 11.8 Å². The molecule has 4 heteroatoms. The minimum atomic E-state index is -0.169. The lowest BCUT2D eigenvalue weighted by Gasteiger charge is -2.00. The van der Waals surface area contributed by atoms with Crippen LogP contribution in [-0.2, 0) is 7.05 Å². The Hall–Kier alpha value is -1.79. The summed E-state index contributed by atoms with van der Waals surface area (Å²) >= 11 is 5.87. The summed E-state index contributed by atoms with van der Waals surface area (Å²) < 4.78 is 1.78. The van der Waals surface area contributed by atoms with E-state index < -0.39 is 0 Å². The monoisotopic (exact) mass is 232 g/mol. The molecule has 0 aliphatic carbocycles. The van der Waals surface area contributed by atoms with Crippen molar-refractivity contribution < 1.29 is 4.79 Å². The third-order valence-corrected chi connectivity index (χ3v) is 2.76. The third kappa shape index (κ3) is 1.68. The molecule has 80 valence electrons. The zero-order valence-electron chi connectivity index (χ0n) is 8.70.